The molecule has 1 N–H and O–H groups in total. The summed E-state index contributed by atoms with van der Waals surface area (Å²) < 4.78 is 5.16. The lowest BCUT2D eigenvalue weighted by molar-refractivity contribution is 0.0938. The number of aromatic nitrogens is 2. The summed E-state index contributed by atoms with van der Waals surface area (Å²) in [6.07, 6.45) is 1.58. The highest BCUT2D eigenvalue weighted by atomic mass is 16.5. The van der Waals surface area contributed by atoms with Crippen molar-refractivity contribution in [2.45, 2.75) is 19.9 Å². The van der Waals surface area contributed by atoms with E-state index in [1.807, 2.05) is 68.4 Å². The lowest BCUT2D eigenvalue weighted by atomic mass is 10.1. The van der Waals surface area contributed by atoms with Crippen molar-refractivity contribution in [2.75, 3.05) is 7.11 Å². The quantitative estimate of drug-likeness (QED) is 0.759. The van der Waals surface area contributed by atoms with Crippen LogP contribution in [0.5, 0.6) is 5.75 Å². The second-order valence-electron chi connectivity index (χ2n) is 6.03. The van der Waals surface area contributed by atoms with Gasteiger partial charge in [-0.05, 0) is 43.7 Å². The van der Waals surface area contributed by atoms with E-state index in [0.29, 0.717) is 17.1 Å². The molecule has 0 radical (unpaired) electrons. The number of carbonyl (C=O) groups excluding carboxylic acids is 1. The van der Waals surface area contributed by atoms with E-state index in [9.17, 15) is 4.79 Å². The molecule has 0 aliphatic rings. The molecule has 26 heavy (non-hydrogen) atoms. The SMILES string of the molecule is COc1ccc(-c2ncc(C(=O)N[C@@H](C)c3ccccc3)c(C)n2)cc1. The van der Waals surface area contributed by atoms with Crippen LogP contribution in [-0.4, -0.2) is 23.0 Å². The van der Waals surface area contributed by atoms with Crippen molar-refractivity contribution in [2.24, 2.45) is 0 Å². The van der Waals surface area contributed by atoms with Crippen LogP contribution in [0.15, 0.2) is 60.8 Å². The number of benzene rings is 2. The Labute approximate surface area is 153 Å². The molecule has 0 spiro atoms. The molecule has 1 aromatic heterocycles. The van der Waals surface area contributed by atoms with Gasteiger partial charge in [0.2, 0.25) is 0 Å². The molecule has 132 valence electrons. The maximum atomic E-state index is 12.6. The Hall–Kier alpha value is -3.21. The van der Waals surface area contributed by atoms with E-state index in [0.717, 1.165) is 16.9 Å². The third kappa shape index (κ3) is 3.88. The predicted molar refractivity (Wildman–Crippen MR) is 101 cm³/mol. The molecule has 0 unspecified atom stereocenters. The average molecular weight is 347 g/mol. The fourth-order valence-electron chi connectivity index (χ4n) is 2.67. The number of aryl methyl sites for hydroxylation is 1. The minimum atomic E-state index is -0.180. The first kappa shape index (κ1) is 17.6. The van der Waals surface area contributed by atoms with Crippen molar-refractivity contribution in [3.05, 3.63) is 77.6 Å². The molecule has 1 atom stereocenters. The van der Waals surface area contributed by atoms with Gasteiger partial charge in [0.25, 0.3) is 5.91 Å². The fourth-order valence-corrected chi connectivity index (χ4v) is 2.67. The topological polar surface area (TPSA) is 64.1 Å². The number of amides is 1. The standard InChI is InChI=1S/C21H21N3O2/c1-14(16-7-5-4-6-8-16)24-21(25)19-13-22-20(23-15(19)2)17-9-11-18(26-3)12-10-17/h4-14H,1-3H3,(H,24,25)/t14-/m0/s1. The molecular formula is C21H21N3O2. The van der Waals surface area contributed by atoms with Crippen LogP contribution < -0.4 is 10.1 Å². The van der Waals surface area contributed by atoms with Gasteiger partial charge in [-0.25, -0.2) is 9.97 Å². The van der Waals surface area contributed by atoms with Crippen LogP contribution in [0.1, 0.15) is 34.6 Å². The summed E-state index contributed by atoms with van der Waals surface area (Å²) in [5.41, 5.74) is 3.04. The maximum absolute atomic E-state index is 12.6. The number of nitrogens with one attached hydrogen (secondary N) is 1. The number of carbonyl (C=O) groups is 1. The molecule has 1 amide bonds. The summed E-state index contributed by atoms with van der Waals surface area (Å²) in [5.74, 6) is 1.18. The van der Waals surface area contributed by atoms with Crippen LogP contribution >= 0.6 is 0 Å². The third-order valence-electron chi connectivity index (χ3n) is 4.22. The lowest BCUT2D eigenvalue weighted by Gasteiger charge is -2.15. The minimum Gasteiger partial charge on any atom is -0.497 e. The smallest absolute Gasteiger partial charge is 0.255 e. The van der Waals surface area contributed by atoms with Crippen molar-refractivity contribution in [3.63, 3.8) is 0 Å². The molecule has 0 aliphatic heterocycles. The number of rotatable bonds is 5. The Balaban J connectivity index is 1.77. The normalized spacial score (nSPS) is 11.7. The fraction of sp³-hybridized carbons (Fsp3) is 0.190. The summed E-state index contributed by atoms with van der Waals surface area (Å²) in [7, 11) is 1.62. The van der Waals surface area contributed by atoms with Gasteiger partial charge in [0, 0.05) is 11.8 Å². The Morgan fingerprint density at radius 2 is 1.77 bits per heavy atom. The van der Waals surface area contributed by atoms with Crippen molar-refractivity contribution in [1.29, 1.82) is 0 Å². The third-order valence-corrected chi connectivity index (χ3v) is 4.22. The molecule has 0 fully saturated rings. The molecule has 2 aromatic carbocycles. The Kier molecular flexibility index (Phi) is 5.27. The lowest BCUT2D eigenvalue weighted by Crippen LogP contribution is -2.27. The van der Waals surface area contributed by atoms with E-state index in [-0.39, 0.29) is 11.9 Å². The maximum Gasteiger partial charge on any atom is 0.255 e. The first-order valence-electron chi connectivity index (χ1n) is 8.42. The molecule has 0 aliphatic carbocycles. The van der Waals surface area contributed by atoms with Gasteiger partial charge in [0.1, 0.15) is 5.75 Å². The monoisotopic (exact) mass is 347 g/mol. The van der Waals surface area contributed by atoms with Crippen molar-refractivity contribution < 1.29 is 9.53 Å². The molecule has 5 nitrogen and oxygen atoms in total. The highest BCUT2D eigenvalue weighted by Crippen LogP contribution is 2.20. The summed E-state index contributed by atoms with van der Waals surface area (Å²) >= 11 is 0. The van der Waals surface area contributed by atoms with Crippen molar-refractivity contribution >= 4 is 5.91 Å². The van der Waals surface area contributed by atoms with Crippen LogP contribution in [0, 0.1) is 6.92 Å². The Morgan fingerprint density at radius 1 is 1.08 bits per heavy atom. The number of hydrogen-bond donors (Lipinski definition) is 1. The first-order chi connectivity index (χ1) is 12.6. The van der Waals surface area contributed by atoms with Gasteiger partial charge in [-0.2, -0.15) is 0 Å². The van der Waals surface area contributed by atoms with Gasteiger partial charge >= 0.3 is 0 Å². The second-order valence-corrected chi connectivity index (χ2v) is 6.03. The van der Waals surface area contributed by atoms with Crippen molar-refractivity contribution in [1.82, 2.24) is 15.3 Å². The van der Waals surface area contributed by atoms with Crippen LogP contribution in [0.4, 0.5) is 0 Å². The van der Waals surface area contributed by atoms with Gasteiger partial charge in [0.05, 0.1) is 24.4 Å². The molecule has 3 rings (SSSR count). The van der Waals surface area contributed by atoms with E-state index in [1.54, 1.807) is 13.3 Å². The van der Waals surface area contributed by atoms with Gasteiger partial charge in [-0.1, -0.05) is 30.3 Å². The zero-order valence-electron chi connectivity index (χ0n) is 15.1. The van der Waals surface area contributed by atoms with Gasteiger partial charge < -0.3 is 10.1 Å². The largest absolute Gasteiger partial charge is 0.497 e. The zero-order valence-corrected chi connectivity index (χ0v) is 15.1. The number of nitrogens with zero attached hydrogens (tertiary/aromatic N) is 2. The van der Waals surface area contributed by atoms with Crippen molar-refractivity contribution in [3.8, 4) is 17.1 Å². The summed E-state index contributed by atoms with van der Waals surface area (Å²) in [5, 5.41) is 2.99. The molecule has 3 aromatic rings. The van der Waals surface area contributed by atoms with Gasteiger partial charge in [-0.15, -0.1) is 0 Å². The molecule has 0 saturated carbocycles. The molecular weight excluding hydrogens is 326 g/mol. The van der Waals surface area contributed by atoms with E-state index in [4.69, 9.17) is 4.74 Å². The van der Waals surface area contributed by atoms with E-state index < -0.39 is 0 Å². The second kappa shape index (κ2) is 7.78. The number of ether oxygens (including phenoxy) is 1. The number of methoxy groups -OCH3 is 1. The summed E-state index contributed by atoms with van der Waals surface area (Å²) in [4.78, 5) is 21.4. The predicted octanol–water partition coefficient (Wildman–Crippen LogP) is 3.95. The molecule has 5 heteroatoms. The van der Waals surface area contributed by atoms with Crippen LogP contribution in [0.3, 0.4) is 0 Å². The van der Waals surface area contributed by atoms with E-state index in [2.05, 4.69) is 15.3 Å². The van der Waals surface area contributed by atoms with Crippen LogP contribution in [0.2, 0.25) is 0 Å². The molecule has 0 saturated heterocycles. The highest BCUT2D eigenvalue weighted by Gasteiger charge is 2.15. The van der Waals surface area contributed by atoms with E-state index in [1.165, 1.54) is 0 Å². The highest BCUT2D eigenvalue weighted by molar-refractivity contribution is 5.95. The zero-order chi connectivity index (χ0) is 18.5. The van der Waals surface area contributed by atoms with Crippen LogP contribution in [0.25, 0.3) is 11.4 Å². The molecule has 1 heterocycles. The average Bonchev–Trinajstić information content (AvgIpc) is 2.68. The van der Waals surface area contributed by atoms with E-state index >= 15 is 0 Å². The minimum absolute atomic E-state index is 0.0932. The first-order valence-corrected chi connectivity index (χ1v) is 8.42. The summed E-state index contributed by atoms with van der Waals surface area (Å²) in [6, 6.07) is 17.2. The molecule has 0 bridgehead atoms. The van der Waals surface area contributed by atoms with Gasteiger partial charge in [-0.3, -0.25) is 4.79 Å². The van der Waals surface area contributed by atoms with Gasteiger partial charge in [0.15, 0.2) is 5.82 Å². The Bertz CT molecular complexity index is 893. The number of hydrogen-bond acceptors (Lipinski definition) is 4. The summed E-state index contributed by atoms with van der Waals surface area (Å²) in [6.45, 7) is 3.77. The Morgan fingerprint density at radius 3 is 2.38 bits per heavy atom. The van der Waals surface area contributed by atoms with Crippen LogP contribution in [-0.2, 0) is 0 Å².